The van der Waals surface area contributed by atoms with Crippen molar-refractivity contribution in [2.75, 3.05) is 0 Å². The van der Waals surface area contributed by atoms with Crippen molar-refractivity contribution in [3.05, 3.63) is 62.8 Å². The van der Waals surface area contributed by atoms with Gasteiger partial charge >= 0.3 is 19.5 Å². The van der Waals surface area contributed by atoms with Crippen LogP contribution in [-0.2, 0) is 29.1 Å². The van der Waals surface area contributed by atoms with E-state index in [4.69, 9.17) is 10.2 Å². The minimum absolute atomic E-state index is 0. The molecule has 0 heterocycles. The van der Waals surface area contributed by atoms with Crippen LogP contribution in [0, 0.1) is 14.9 Å². The Morgan fingerprint density at radius 3 is 1.14 bits per heavy atom. The maximum absolute atomic E-state index is 10.6. The standard InChI is InChI=1S/C8H12.2C7H12O2.2CH3.Ru/c1-2-4-6-8-7-5-3-1;2*1-3-4-7(9)5-6(2)8;;;/h1-2,7-8H,3-6H2;2*5,8H,3-4H2,1-2H3;2*1H3;/q;;;2*-1;+2/b2-1-,8-7?;;;;;. The van der Waals surface area contributed by atoms with Gasteiger partial charge in [0, 0.05) is 25.0 Å². The first-order valence-electron chi connectivity index (χ1n) is 9.43. The van der Waals surface area contributed by atoms with E-state index < -0.39 is 0 Å². The molecule has 0 aliphatic heterocycles. The molecule has 0 atom stereocenters. The average molecular weight is 496 g/mol. The van der Waals surface area contributed by atoms with Crippen molar-refractivity contribution in [2.45, 2.75) is 79.1 Å². The van der Waals surface area contributed by atoms with E-state index >= 15 is 0 Å². The molecular formula is C24H42O4Ru. The third-order valence-corrected chi connectivity index (χ3v) is 3.07. The van der Waals surface area contributed by atoms with Crippen molar-refractivity contribution in [3.63, 3.8) is 0 Å². The van der Waals surface area contributed by atoms with Gasteiger partial charge in [0.05, 0.1) is 11.5 Å². The maximum Gasteiger partial charge on any atom is 2.00 e. The number of rotatable bonds is 6. The summed E-state index contributed by atoms with van der Waals surface area (Å²) in [5.74, 6) is 0.178. The molecule has 29 heavy (non-hydrogen) atoms. The fraction of sp³-hybridized carbons (Fsp3) is 0.500. The number of aliphatic hydroxyl groups excluding tert-OH is 2. The number of aliphatic hydroxyl groups is 2. The summed E-state index contributed by atoms with van der Waals surface area (Å²) in [6.45, 7) is 6.85. The molecule has 4 nitrogen and oxygen atoms in total. The number of carbonyl (C=O) groups is 2. The smallest absolute Gasteiger partial charge is 0.512 e. The number of hydrogen-bond donors (Lipinski definition) is 2. The molecule has 0 aromatic carbocycles. The van der Waals surface area contributed by atoms with Crippen LogP contribution >= 0.6 is 0 Å². The molecule has 1 rings (SSSR count). The number of allylic oxidation sites excluding steroid dienone is 8. The van der Waals surface area contributed by atoms with E-state index in [2.05, 4.69) is 24.3 Å². The Morgan fingerprint density at radius 1 is 0.724 bits per heavy atom. The first kappa shape index (κ1) is 38.2. The second-order valence-corrected chi connectivity index (χ2v) is 6.10. The van der Waals surface area contributed by atoms with E-state index in [0.29, 0.717) is 12.8 Å². The van der Waals surface area contributed by atoms with Crippen molar-refractivity contribution in [2.24, 2.45) is 0 Å². The molecule has 170 valence electrons. The topological polar surface area (TPSA) is 74.6 Å². The van der Waals surface area contributed by atoms with Crippen LogP contribution in [0.25, 0.3) is 0 Å². The third kappa shape index (κ3) is 37.9. The van der Waals surface area contributed by atoms with E-state index in [0.717, 1.165) is 12.8 Å². The Labute approximate surface area is 192 Å². The van der Waals surface area contributed by atoms with E-state index in [1.807, 2.05) is 13.8 Å². The van der Waals surface area contributed by atoms with Crippen molar-refractivity contribution < 1.29 is 39.3 Å². The monoisotopic (exact) mass is 496 g/mol. The molecule has 1 aliphatic carbocycles. The van der Waals surface area contributed by atoms with Crippen molar-refractivity contribution in [3.8, 4) is 0 Å². The second kappa shape index (κ2) is 28.7. The van der Waals surface area contributed by atoms with Crippen molar-refractivity contribution in [1.29, 1.82) is 0 Å². The minimum atomic E-state index is -0.00231. The molecule has 5 heteroatoms. The predicted molar refractivity (Wildman–Crippen MR) is 122 cm³/mol. The van der Waals surface area contributed by atoms with Gasteiger partial charge in [0.1, 0.15) is 0 Å². The Kier molecular flexibility index (Phi) is 37.8. The zero-order valence-electron chi connectivity index (χ0n) is 19.2. The Balaban J connectivity index is -0.0000000945. The van der Waals surface area contributed by atoms with Crippen LogP contribution in [-0.4, -0.2) is 21.8 Å². The molecule has 0 saturated heterocycles. The summed E-state index contributed by atoms with van der Waals surface area (Å²) in [6.07, 6.45) is 19.2. The molecule has 0 amide bonds. The fourth-order valence-corrected chi connectivity index (χ4v) is 1.96. The zero-order chi connectivity index (χ0) is 20.2. The zero-order valence-corrected chi connectivity index (χ0v) is 20.9. The summed E-state index contributed by atoms with van der Waals surface area (Å²) in [5, 5.41) is 17.2. The van der Waals surface area contributed by atoms with Gasteiger partial charge in [0.25, 0.3) is 0 Å². The minimum Gasteiger partial charge on any atom is -0.512 e. The van der Waals surface area contributed by atoms with Gasteiger partial charge in [-0.25, -0.2) is 0 Å². The molecular weight excluding hydrogens is 453 g/mol. The molecule has 0 radical (unpaired) electrons. The van der Waals surface area contributed by atoms with Gasteiger partial charge < -0.3 is 25.1 Å². The van der Waals surface area contributed by atoms with Gasteiger partial charge in [0.15, 0.2) is 11.6 Å². The summed E-state index contributed by atoms with van der Waals surface area (Å²) < 4.78 is 0. The van der Waals surface area contributed by atoms with Crippen LogP contribution in [0.2, 0.25) is 0 Å². The molecule has 0 saturated carbocycles. The Morgan fingerprint density at radius 2 is 0.966 bits per heavy atom. The maximum atomic E-state index is 10.6. The van der Waals surface area contributed by atoms with Crippen LogP contribution < -0.4 is 0 Å². The summed E-state index contributed by atoms with van der Waals surface area (Å²) >= 11 is 0. The van der Waals surface area contributed by atoms with Crippen molar-refractivity contribution in [1.82, 2.24) is 0 Å². The predicted octanol–water partition coefficient (Wildman–Crippen LogP) is 7.21. The third-order valence-electron chi connectivity index (χ3n) is 3.07. The summed E-state index contributed by atoms with van der Waals surface area (Å²) in [5.41, 5.74) is 0. The first-order chi connectivity index (χ1) is 12.3. The van der Waals surface area contributed by atoms with Crippen LogP contribution in [0.5, 0.6) is 0 Å². The molecule has 0 unspecified atom stereocenters. The molecule has 0 fully saturated rings. The molecule has 0 aromatic rings. The van der Waals surface area contributed by atoms with E-state index in [1.165, 1.54) is 51.7 Å². The fourth-order valence-electron chi connectivity index (χ4n) is 1.96. The average Bonchev–Trinajstić information content (AvgIpc) is 2.46. The molecule has 0 aromatic heterocycles. The number of hydrogen-bond acceptors (Lipinski definition) is 4. The summed E-state index contributed by atoms with van der Waals surface area (Å²) in [4.78, 5) is 21.2. The van der Waals surface area contributed by atoms with Gasteiger partial charge in [-0.3, -0.25) is 9.59 Å². The molecule has 0 spiro atoms. The molecule has 1 aliphatic rings. The Hall–Kier alpha value is -1.48. The Bertz CT molecular complexity index is 437. The van der Waals surface area contributed by atoms with E-state index in [-0.39, 0.29) is 57.4 Å². The van der Waals surface area contributed by atoms with Gasteiger partial charge in [-0.2, -0.15) is 0 Å². The normalized spacial score (nSPS) is 13.8. The summed E-state index contributed by atoms with van der Waals surface area (Å²) in [6, 6.07) is 0. The second-order valence-electron chi connectivity index (χ2n) is 6.10. The van der Waals surface area contributed by atoms with Crippen LogP contribution in [0.3, 0.4) is 0 Å². The van der Waals surface area contributed by atoms with E-state index in [9.17, 15) is 9.59 Å². The van der Waals surface area contributed by atoms with Gasteiger partial charge in [-0.15, -0.1) is 0 Å². The van der Waals surface area contributed by atoms with Gasteiger partial charge in [-0.05, 0) is 52.4 Å². The number of carbonyl (C=O) groups excluding carboxylic acids is 2. The van der Waals surface area contributed by atoms with Crippen LogP contribution in [0.4, 0.5) is 0 Å². The SMILES string of the molecule is C1=CCC/C=C\CC1.CCCC(=O)C=C(C)O.CCCC(=O)C=C(C)O.[CH3-].[CH3-].[Ru+2]. The van der Waals surface area contributed by atoms with Crippen LogP contribution in [0.15, 0.2) is 48.0 Å². The van der Waals surface area contributed by atoms with Gasteiger partial charge in [-0.1, -0.05) is 38.2 Å². The summed E-state index contributed by atoms with van der Waals surface area (Å²) in [7, 11) is 0. The molecule has 0 bridgehead atoms. The largest absolute Gasteiger partial charge is 2.00 e. The van der Waals surface area contributed by atoms with E-state index in [1.54, 1.807) is 0 Å². The van der Waals surface area contributed by atoms with Crippen molar-refractivity contribution >= 4 is 11.6 Å². The quantitative estimate of drug-likeness (QED) is 0.134. The molecule has 2 N–H and O–H groups in total. The first-order valence-corrected chi connectivity index (χ1v) is 9.43. The van der Waals surface area contributed by atoms with Gasteiger partial charge in [0.2, 0.25) is 0 Å². The van der Waals surface area contributed by atoms with Crippen LogP contribution in [0.1, 0.15) is 79.1 Å². The number of ketones is 2.